The van der Waals surface area contributed by atoms with Crippen LogP contribution in [0.2, 0.25) is 0 Å². The molecule has 44 heavy (non-hydrogen) atoms. The number of pyridine rings is 1. The van der Waals surface area contributed by atoms with Crippen LogP contribution in [0.3, 0.4) is 0 Å². The Morgan fingerprint density at radius 1 is 0.500 bits per heavy atom. The Hall–Kier alpha value is -5.73. The van der Waals surface area contributed by atoms with Gasteiger partial charge in [0.2, 0.25) is 0 Å². The van der Waals surface area contributed by atoms with E-state index in [1.54, 1.807) is 0 Å². The first-order valence-corrected chi connectivity index (χ1v) is 14.9. The van der Waals surface area contributed by atoms with E-state index in [4.69, 9.17) is 0 Å². The molecule has 2 heteroatoms. The molecule has 5 aromatic carbocycles. The van der Waals surface area contributed by atoms with Gasteiger partial charge in [0.1, 0.15) is 0 Å². The third-order valence-electron chi connectivity index (χ3n) is 7.54. The van der Waals surface area contributed by atoms with Gasteiger partial charge in [-0.15, -0.1) is 0 Å². The number of hydrogen-bond acceptors (Lipinski definition) is 2. The summed E-state index contributed by atoms with van der Waals surface area (Å²) in [6.07, 6.45) is 12.4. The number of aromatic nitrogens is 1. The van der Waals surface area contributed by atoms with Gasteiger partial charge < -0.3 is 4.90 Å². The predicted octanol–water partition coefficient (Wildman–Crippen LogP) is 10.8. The first-order valence-electron chi connectivity index (χ1n) is 14.9. The van der Waals surface area contributed by atoms with E-state index in [2.05, 4.69) is 193 Å². The molecule has 0 saturated carbocycles. The van der Waals surface area contributed by atoms with Crippen molar-refractivity contribution in [2.24, 2.45) is 0 Å². The van der Waals surface area contributed by atoms with Gasteiger partial charge in [-0.3, -0.25) is 4.98 Å². The lowest BCUT2D eigenvalue weighted by atomic mass is 9.97. The van der Waals surface area contributed by atoms with Crippen molar-refractivity contribution in [1.29, 1.82) is 0 Å². The van der Waals surface area contributed by atoms with Gasteiger partial charge in [0, 0.05) is 35.5 Å². The van der Waals surface area contributed by atoms with Crippen LogP contribution in [0, 0.1) is 6.92 Å². The number of allylic oxidation sites excluding steroid dienone is 2. The van der Waals surface area contributed by atoms with Gasteiger partial charge in [-0.2, -0.15) is 0 Å². The van der Waals surface area contributed by atoms with Crippen LogP contribution < -0.4 is 4.90 Å². The lowest BCUT2D eigenvalue weighted by Gasteiger charge is -2.23. The summed E-state index contributed by atoms with van der Waals surface area (Å²) in [6, 6.07) is 53.1. The van der Waals surface area contributed by atoms with E-state index in [-0.39, 0.29) is 0 Å². The van der Waals surface area contributed by atoms with Gasteiger partial charge >= 0.3 is 0 Å². The minimum Gasteiger partial charge on any atom is -0.317 e. The summed E-state index contributed by atoms with van der Waals surface area (Å²) in [5.74, 6) is 0. The summed E-state index contributed by atoms with van der Waals surface area (Å²) >= 11 is 0. The van der Waals surface area contributed by atoms with Crippen molar-refractivity contribution in [3.63, 3.8) is 0 Å². The monoisotopic (exact) mass is 566 g/mol. The number of rotatable bonds is 9. The van der Waals surface area contributed by atoms with Crippen molar-refractivity contribution in [3.8, 4) is 0 Å². The van der Waals surface area contributed by atoms with E-state index in [1.807, 2.05) is 12.4 Å². The third-order valence-corrected chi connectivity index (χ3v) is 7.54. The van der Waals surface area contributed by atoms with Crippen molar-refractivity contribution >= 4 is 28.6 Å². The van der Waals surface area contributed by atoms with Crippen LogP contribution in [0.4, 0.5) is 11.4 Å². The molecule has 0 spiro atoms. The smallest absolute Gasteiger partial charge is 0.0456 e. The molecule has 1 heterocycles. The maximum atomic E-state index is 4.21. The highest BCUT2D eigenvalue weighted by Gasteiger charge is 2.12. The van der Waals surface area contributed by atoms with E-state index in [0.29, 0.717) is 0 Å². The first kappa shape index (κ1) is 28.4. The average Bonchev–Trinajstić information content (AvgIpc) is 3.10. The van der Waals surface area contributed by atoms with Crippen molar-refractivity contribution in [1.82, 2.24) is 4.98 Å². The van der Waals surface area contributed by atoms with Gasteiger partial charge in [0.25, 0.3) is 0 Å². The molecule has 0 fully saturated rings. The summed E-state index contributed by atoms with van der Waals surface area (Å²) in [4.78, 5) is 6.47. The summed E-state index contributed by atoms with van der Waals surface area (Å²) in [5, 5.41) is 0. The molecule has 0 aliphatic carbocycles. The largest absolute Gasteiger partial charge is 0.317 e. The lowest BCUT2D eigenvalue weighted by Crippen LogP contribution is -2.10. The van der Waals surface area contributed by atoms with Gasteiger partial charge in [-0.1, -0.05) is 139 Å². The van der Waals surface area contributed by atoms with Gasteiger partial charge in [-0.25, -0.2) is 0 Å². The Morgan fingerprint density at radius 2 is 1.00 bits per heavy atom. The molecule has 0 amide bonds. The molecule has 0 atom stereocenters. The Bertz CT molecular complexity index is 1810. The SMILES string of the molecule is Cc1ccc(/C(=C/C=C/c2ccc(N(C=C(c3ccccc3)c3ccccc3)c3ccccc3)cc2)c2ccncc2)cc1. The zero-order valence-corrected chi connectivity index (χ0v) is 24.8. The standard InChI is InChI=1S/C42H34N2/c1-33-20-24-37(25-21-33)41(38-28-30-43-31-29-38)19-11-12-34-22-26-40(27-23-34)44(39-17-9-4-10-18-39)32-42(35-13-5-2-6-14-35)36-15-7-3-8-16-36/h2-32H,1H3/b12-11+,41-19-. The van der Waals surface area contributed by atoms with Gasteiger partial charge in [-0.05, 0) is 76.7 Å². The normalized spacial score (nSPS) is 11.3. The molecule has 0 aliphatic heterocycles. The zero-order valence-electron chi connectivity index (χ0n) is 24.8. The molecule has 212 valence electrons. The van der Waals surface area contributed by atoms with E-state index < -0.39 is 0 Å². The van der Waals surface area contributed by atoms with Crippen LogP contribution >= 0.6 is 0 Å². The summed E-state index contributed by atoms with van der Waals surface area (Å²) in [7, 11) is 0. The molecule has 6 rings (SSSR count). The fourth-order valence-corrected chi connectivity index (χ4v) is 5.19. The fourth-order valence-electron chi connectivity index (χ4n) is 5.19. The topological polar surface area (TPSA) is 16.1 Å². The molecule has 0 saturated heterocycles. The minimum absolute atomic E-state index is 1.09. The number of anilines is 2. The quantitative estimate of drug-likeness (QED) is 0.162. The number of hydrogen-bond donors (Lipinski definition) is 0. The lowest BCUT2D eigenvalue weighted by molar-refractivity contribution is 1.28. The Kier molecular flexibility index (Phi) is 9.01. The van der Waals surface area contributed by atoms with E-state index in [1.165, 1.54) is 22.3 Å². The van der Waals surface area contributed by atoms with Crippen LogP contribution in [0.25, 0.3) is 17.2 Å². The Labute approximate surface area is 260 Å². The highest BCUT2D eigenvalue weighted by atomic mass is 15.1. The van der Waals surface area contributed by atoms with E-state index >= 15 is 0 Å². The second-order valence-electron chi connectivity index (χ2n) is 10.6. The molecule has 0 N–H and O–H groups in total. The Balaban J connectivity index is 1.34. The van der Waals surface area contributed by atoms with Gasteiger partial charge in [0.05, 0.1) is 0 Å². The predicted molar refractivity (Wildman–Crippen MR) is 187 cm³/mol. The molecule has 2 nitrogen and oxygen atoms in total. The summed E-state index contributed by atoms with van der Waals surface area (Å²) in [6.45, 7) is 2.11. The van der Waals surface area contributed by atoms with Crippen molar-refractivity contribution < 1.29 is 0 Å². The number of benzene rings is 5. The van der Waals surface area contributed by atoms with Crippen LogP contribution in [0.5, 0.6) is 0 Å². The van der Waals surface area contributed by atoms with Gasteiger partial charge in [0.15, 0.2) is 0 Å². The number of nitrogens with zero attached hydrogens (tertiary/aromatic N) is 2. The molecule has 6 aromatic rings. The highest BCUT2D eigenvalue weighted by Crippen LogP contribution is 2.32. The van der Waals surface area contributed by atoms with Crippen LogP contribution in [-0.4, -0.2) is 4.98 Å². The Morgan fingerprint density at radius 3 is 1.59 bits per heavy atom. The summed E-state index contributed by atoms with van der Waals surface area (Å²) < 4.78 is 0. The van der Waals surface area contributed by atoms with Crippen LogP contribution in [-0.2, 0) is 0 Å². The molecule has 0 bridgehead atoms. The molecule has 1 aromatic heterocycles. The fraction of sp³-hybridized carbons (Fsp3) is 0.0238. The maximum absolute atomic E-state index is 4.21. The van der Waals surface area contributed by atoms with Crippen LogP contribution in [0.15, 0.2) is 182 Å². The maximum Gasteiger partial charge on any atom is 0.0456 e. The molecular formula is C42H34N2. The molecular weight excluding hydrogens is 532 g/mol. The highest BCUT2D eigenvalue weighted by molar-refractivity contribution is 5.84. The van der Waals surface area contributed by atoms with E-state index in [0.717, 1.165) is 33.6 Å². The minimum atomic E-state index is 1.09. The second-order valence-corrected chi connectivity index (χ2v) is 10.6. The van der Waals surface area contributed by atoms with Crippen molar-refractivity contribution in [2.75, 3.05) is 4.90 Å². The van der Waals surface area contributed by atoms with Crippen molar-refractivity contribution in [2.45, 2.75) is 6.92 Å². The molecule has 0 aliphatic rings. The summed E-state index contributed by atoms with van der Waals surface area (Å²) in [5.41, 5.74) is 11.5. The zero-order chi connectivity index (χ0) is 30.0. The number of aryl methyl sites for hydroxylation is 1. The molecule has 0 unspecified atom stereocenters. The first-order chi connectivity index (χ1) is 21.7. The second kappa shape index (κ2) is 14.0. The third kappa shape index (κ3) is 7.00. The number of para-hydroxylation sites is 1. The average molecular weight is 567 g/mol. The van der Waals surface area contributed by atoms with E-state index in [9.17, 15) is 0 Å². The molecule has 0 radical (unpaired) electrons. The van der Waals surface area contributed by atoms with Crippen LogP contribution in [0.1, 0.15) is 33.4 Å². The van der Waals surface area contributed by atoms with Crippen molar-refractivity contribution in [3.05, 3.63) is 216 Å².